The molecule has 4 aliphatic rings. The van der Waals surface area contributed by atoms with Crippen molar-refractivity contribution >= 4 is 63.6 Å². The van der Waals surface area contributed by atoms with Crippen molar-refractivity contribution in [2.75, 3.05) is 25.4 Å². The molecule has 0 aliphatic carbocycles. The number of β-lactam (4-membered cyclic amide) rings is 1. The van der Waals surface area contributed by atoms with Crippen LogP contribution in [0.1, 0.15) is 46.2 Å². The number of nitrogens with zero attached hydrogens (tertiary/aromatic N) is 4. The molecule has 0 spiro atoms. The number of likely N-dealkylation sites (tertiary alicyclic amines) is 1. The summed E-state index contributed by atoms with van der Waals surface area (Å²) in [6.07, 6.45) is 1.27. The summed E-state index contributed by atoms with van der Waals surface area (Å²) < 4.78 is 0. The van der Waals surface area contributed by atoms with Crippen molar-refractivity contribution in [3.8, 4) is 0 Å². The molecule has 1 aromatic rings. The number of carbonyl (C=O) groups is 5. The minimum Gasteiger partial charge on any atom is -0.478 e. The van der Waals surface area contributed by atoms with Gasteiger partial charge in [-0.3, -0.25) is 14.4 Å². The first kappa shape index (κ1) is 33.6. The molecular formula is C28H38N8O8S2. The Morgan fingerprint density at radius 1 is 1.30 bits per heavy atom. The Kier molecular flexibility index (Phi) is 9.36. The lowest BCUT2D eigenvalue weighted by molar-refractivity contribution is -0.161. The van der Waals surface area contributed by atoms with Crippen molar-refractivity contribution in [1.29, 1.82) is 0 Å². The fourth-order valence-electron chi connectivity index (χ4n) is 6.23. The molecule has 5 rings (SSSR count). The second-order valence-electron chi connectivity index (χ2n) is 12.5. The number of hydrogen-bond acceptors (Lipinski definition) is 13. The van der Waals surface area contributed by atoms with Crippen molar-refractivity contribution in [3.05, 3.63) is 21.7 Å². The summed E-state index contributed by atoms with van der Waals surface area (Å²) in [5.41, 5.74) is 9.61. The number of thioether (sulfide) groups is 1. The van der Waals surface area contributed by atoms with Gasteiger partial charge in [-0.1, -0.05) is 12.1 Å². The van der Waals surface area contributed by atoms with Crippen LogP contribution >= 0.6 is 23.1 Å². The number of amides is 3. The van der Waals surface area contributed by atoms with E-state index in [0.717, 1.165) is 17.8 Å². The van der Waals surface area contributed by atoms with E-state index in [2.05, 4.69) is 20.8 Å². The molecule has 4 aliphatic heterocycles. The molecule has 250 valence electrons. The largest absolute Gasteiger partial charge is 0.478 e. The number of hydrogen-bond donors (Lipinski definition) is 6. The lowest BCUT2D eigenvalue weighted by Crippen LogP contribution is -2.66. The molecule has 7 atom stereocenters. The molecular weight excluding hydrogens is 640 g/mol. The van der Waals surface area contributed by atoms with Gasteiger partial charge in [-0.15, -0.1) is 23.1 Å². The van der Waals surface area contributed by atoms with Crippen LogP contribution < -0.4 is 22.1 Å². The predicted octanol–water partition coefficient (Wildman–Crippen LogP) is -0.390. The monoisotopic (exact) mass is 678 g/mol. The van der Waals surface area contributed by atoms with Gasteiger partial charge in [-0.2, -0.15) is 0 Å². The van der Waals surface area contributed by atoms with E-state index in [1.54, 1.807) is 11.8 Å². The molecule has 3 amide bonds. The zero-order valence-corrected chi connectivity index (χ0v) is 27.4. The highest BCUT2D eigenvalue weighted by atomic mass is 32.2. The Morgan fingerprint density at radius 3 is 2.61 bits per heavy atom. The molecule has 18 heteroatoms. The van der Waals surface area contributed by atoms with Crippen LogP contribution in [0.15, 0.2) is 21.1 Å². The van der Waals surface area contributed by atoms with E-state index in [-0.39, 0.29) is 51.4 Å². The molecule has 16 nitrogen and oxygen atoms in total. The normalized spacial score (nSPS) is 28.6. The number of carboxylic acid groups (broad SMARTS) is 2. The van der Waals surface area contributed by atoms with Crippen LogP contribution in [-0.4, -0.2) is 115 Å². The van der Waals surface area contributed by atoms with Crippen LogP contribution in [0.2, 0.25) is 0 Å². The number of aromatic nitrogens is 1. The molecule has 0 bridgehead atoms. The molecule has 8 N–H and O–H groups in total. The third-order valence-electron chi connectivity index (χ3n) is 8.77. The first-order valence-electron chi connectivity index (χ1n) is 14.9. The van der Waals surface area contributed by atoms with E-state index >= 15 is 0 Å². The summed E-state index contributed by atoms with van der Waals surface area (Å²) in [5, 5.41) is 30.9. The summed E-state index contributed by atoms with van der Waals surface area (Å²) in [7, 11) is 0. The number of rotatable bonds is 11. The summed E-state index contributed by atoms with van der Waals surface area (Å²) in [6, 6.07) is -1.70. The van der Waals surface area contributed by atoms with Crippen LogP contribution in [-0.2, 0) is 28.8 Å². The standard InChI is InChI=1S/C28H38N8O8S2/c1-11-19-17(12(2)32-22(37)18(16-10-45-27(30)33-16)34-44-28(3,4)26(42)43)24(39)36(19)20(25(40)41)21(11)46-14-7-15(31-8-14)23(38)35-6-5-13(29)9-35/h10-15,17,19,31H,5-9,29H2,1-4H3,(H2,30,33)(H,32,37)(H,40,41)(H,42,43)/b34-18-/t11-,12-,13-,14+,15+,17-,19-/m1/s1. The van der Waals surface area contributed by atoms with Gasteiger partial charge in [0.1, 0.15) is 11.4 Å². The van der Waals surface area contributed by atoms with E-state index in [1.807, 2.05) is 6.92 Å². The molecule has 1 aromatic heterocycles. The smallest absolute Gasteiger partial charge is 0.353 e. The number of anilines is 1. The number of nitrogens with one attached hydrogen (secondary N) is 2. The maximum atomic E-state index is 13.4. The fourth-order valence-corrected chi connectivity index (χ4v) is 8.26. The van der Waals surface area contributed by atoms with Crippen LogP contribution in [0.3, 0.4) is 0 Å². The van der Waals surface area contributed by atoms with Gasteiger partial charge in [0, 0.05) is 53.2 Å². The predicted molar refractivity (Wildman–Crippen MR) is 168 cm³/mol. The van der Waals surface area contributed by atoms with Gasteiger partial charge in [0.2, 0.25) is 17.4 Å². The SMILES string of the molecule is C[C@@H](NC(=O)/C(=N\OC(C)(C)C(=O)O)c1csc(N)n1)[C@H]1C(=O)N2C(C(=O)O)=C(S[C@@H]3CN[C@H](C(=O)N4CC[C@@H](N)C4)C3)[C@H](C)[C@H]12. The van der Waals surface area contributed by atoms with Crippen molar-refractivity contribution in [1.82, 2.24) is 25.4 Å². The number of thiazole rings is 1. The minimum atomic E-state index is -1.75. The van der Waals surface area contributed by atoms with Gasteiger partial charge < -0.3 is 47.0 Å². The molecule has 3 saturated heterocycles. The van der Waals surface area contributed by atoms with E-state index < -0.39 is 47.4 Å². The molecule has 0 radical (unpaired) electrons. The van der Waals surface area contributed by atoms with E-state index in [0.29, 0.717) is 31.0 Å². The maximum Gasteiger partial charge on any atom is 0.353 e. The third-order valence-corrected chi connectivity index (χ3v) is 11.0. The molecule has 0 saturated carbocycles. The van der Waals surface area contributed by atoms with Crippen LogP contribution in [0.5, 0.6) is 0 Å². The Morgan fingerprint density at radius 2 is 2.02 bits per heavy atom. The maximum absolute atomic E-state index is 13.4. The highest BCUT2D eigenvalue weighted by Gasteiger charge is 2.60. The Bertz CT molecular complexity index is 1510. The average Bonchev–Trinajstić information content (AvgIpc) is 3.76. The Balaban J connectivity index is 1.28. The lowest BCUT2D eigenvalue weighted by atomic mass is 9.78. The average molecular weight is 679 g/mol. The number of nitrogens with two attached hydrogens (primary N) is 2. The fraction of sp³-hybridized carbons (Fsp3) is 0.607. The molecule has 3 fully saturated rings. The molecule has 0 aromatic carbocycles. The van der Waals surface area contributed by atoms with Gasteiger partial charge in [-0.05, 0) is 33.6 Å². The van der Waals surface area contributed by atoms with E-state index in [4.69, 9.17) is 16.3 Å². The van der Waals surface area contributed by atoms with Gasteiger partial charge in [0.25, 0.3) is 5.91 Å². The molecule has 46 heavy (non-hydrogen) atoms. The highest BCUT2D eigenvalue weighted by Crippen LogP contribution is 2.52. The van der Waals surface area contributed by atoms with Gasteiger partial charge in [0.15, 0.2) is 10.8 Å². The number of oxime groups is 1. The summed E-state index contributed by atoms with van der Waals surface area (Å²) >= 11 is 2.42. The lowest BCUT2D eigenvalue weighted by Gasteiger charge is -2.47. The topological polar surface area (TPSA) is 243 Å². The van der Waals surface area contributed by atoms with Crippen LogP contribution in [0, 0.1) is 11.8 Å². The van der Waals surface area contributed by atoms with E-state index in [1.165, 1.54) is 35.9 Å². The number of carboxylic acids is 2. The first-order chi connectivity index (χ1) is 21.6. The second kappa shape index (κ2) is 12.8. The van der Waals surface area contributed by atoms with Gasteiger partial charge in [-0.25, -0.2) is 14.6 Å². The van der Waals surface area contributed by atoms with Crippen molar-refractivity contribution in [2.45, 2.75) is 75.6 Å². The summed E-state index contributed by atoms with van der Waals surface area (Å²) in [4.78, 5) is 76.6. The van der Waals surface area contributed by atoms with E-state index in [9.17, 15) is 34.2 Å². The van der Waals surface area contributed by atoms with Gasteiger partial charge in [0.05, 0.1) is 18.0 Å². The van der Waals surface area contributed by atoms with Gasteiger partial charge >= 0.3 is 11.9 Å². The number of nitrogen functional groups attached to an aromatic ring is 1. The van der Waals surface area contributed by atoms with Crippen LogP contribution in [0.25, 0.3) is 0 Å². The van der Waals surface area contributed by atoms with Crippen molar-refractivity contribution in [3.63, 3.8) is 0 Å². The summed E-state index contributed by atoms with van der Waals surface area (Å²) in [5.74, 6) is -4.86. The molecule has 0 unspecified atom stereocenters. The second-order valence-corrected chi connectivity index (χ2v) is 14.7. The van der Waals surface area contributed by atoms with Crippen molar-refractivity contribution < 1.29 is 39.0 Å². The number of carbonyl (C=O) groups excluding carboxylic acids is 3. The minimum absolute atomic E-state index is 0.00763. The molecule has 5 heterocycles. The first-order valence-corrected chi connectivity index (χ1v) is 16.6. The quantitative estimate of drug-likeness (QED) is 0.0994. The zero-order valence-electron chi connectivity index (χ0n) is 25.8. The highest BCUT2D eigenvalue weighted by molar-refractivity contribution is 8.03. The Labute approximate surface area is 272 Å². The zero-order chi connectivity index (χ0) is 33.7. The number of aliphatic carboxylic acids is 2. The van der Waals surface area contributed by atoms with Crippen LogP contribution in [0.4, 0.5) is 5.13 Å². The summed E-state index contributed by atoms with van der Waals surface area (Å²) in [6.45, 7) is 7.66. The third kappa shape index (κ3) is 6.30. The number of fused-ring (bicyclic) bond motifs is 1. The van der Waals surface area contributed by atoms with Crippen molar-refractivity contribution in [2.24, 2.45) is 22.7 Å². The Hall–Kier alpha value is -3.74.